The SMILES string of the molecule is O=C(COc1ccc(Cl)cc1Cl)Nc1c2c(nn1-c1ccc(F)cc1)C[S@@](=O)C2. The molecule has 4 rings (SSSR count). The largest absolute Gasteiger partial charge is 0.482 e. The van der Waals surface area contributed by atoms with Crippen molar-refractivity contribution < 1.29 is 18.1 Å². The van der Waals surface area contributed by atoms with Crippen molar-refractivity contribution in [2.45, 2.75) is 11.5 Å². The fraction of sp³-hybridized carbons (Fsp3) is 0.158. The number of fused-ring (bicyclic) bond motifs is 1. The number of amides is 1. The number of carbonyl (C=O) groups excluding carboxylic acids is 1. The number of hydrogen-bond donors (Lipinski definition) is 1. The van der Waals surface area contributed by atoms with Crippen molar-refractivity contribution in [1.82, 2.24) is 9.78 Å². The Balaban J connectivity index is 1.56. The quantitative estimate of drug-likeness (QED) is 0.630. The molecule has 1 aromatic heterocycles. The lowest BCUT2D eigenvalue weighted by Crippen LogP contribution is -2.22. The topological polar surface area (TPSA) is 73.2 Å². The zero-order valence-electron chi connectivity index (χ0n) is 14.8. The standard InChI is InChI=1S/C19H14Cl2FN3O3S/c20-11-1-6-17(15(21)7-11)28-8-18(26)23-19-14-9-29(27)10-16(14)24-25(19)13-4-2-12(22)3-5-13/h1-7H,8-10H2,(H,23,26)/t29-/m0/s1. The Morgan fingerprint density at radius 1 is 1.21 bits per heavy atom. The van der Waals surface area contributed by atoms with Crippen LogP contribution in [-0.4, -0.2) is 26.5 Å². The second-order valence-electron chi connectivity index (χ2n) is 6.30. The summed E-state index contributed by atoms with van der Waals surface area (Å²) in [5, 5.41) is 7.96. The minimum absolute atomic E-state index is 0.288. The smallest absolute Gasteiger partial charge is 0.263 e. The van der Waals surface area contributed by atoms with Gasteiger partial charge in [0.05, 0.1) is 27.9 Å². The summed E-state index contributed by atoms with van der Waals surface area (Å²) in [6.07, 6.45) is 0. The molecule has 0 bridgehead atoms. The van der Waals surface area contributed by atoms with E-state index in [1.807, 2.05) is 0 Å². The van der Waals surface area contributed by atoms with Crippen molar-refractivity contribution in [3.05, 3.63) is 69.6 Å². The van der Waals surface area contributed by atoms with Crippen LogP contribution in [0.1, 0.15) is 11.3 Å². The van der Waals surface area contributed by atoms with E-state index < -0.39 is 16.7 Å². The van der Waals surface area contributed by atoms with Gasteiger partial charge >= 0.3 is 0 Å². The fourth-order valence-corrected chi connectivity index (χ4v) is 4.66. The number of rotatable bonds is 5. The Morgan fingerprint density at radius 2 is 1.97 bits per heavy atom. The van der Waals surface area contributed by atoms with Gasteiger partial charge in [0.2, 0.25) is 0 Å². The molecule has 2 aromatic carbocycles. The summed E-state index contributed by atoms with van der Waals surface area (Å²) in [7, 11) is -1.07. The molecular weight excluding hydrogens is 440 g/mol. The van der Waals surface area contributed by atoms with Crippen molar-refractivity contribution in [3.8, 4) is 11.4 Å². The highest BCUT2D eigenvalue weighted by molar-refractivity contribution is 7.83. The van der Waals surface area contributed by atoms with Crippen LogP contribution in [0.4, 0.5) is 10.2 Å². The van der Waals surface area contributed by atoms with Gasteiger partial charge in [-0.2, -0.15) is 5.10 Å². The van der Waals surface area contributed by atoms with E-state index in [1.165, 1.54) is 22.9 Å². The third-order valence-corrected chi connectivity index (χ3v) is 5.99. The normalized spacial score (nSPS) is 15.2. The number of hydrogen-bond acceptors (Lipinski definition) is 4. The van der Waals surface area contributed by atoms with Gasteiger partial charge in [0, 0.05) is 21.4 Å². The summed E-state index contributed by atoms with van der Waals surface area (Å²) in [6, 6.07) is 10.4. The number of anilines is 1. The molecule has 1 aliphatic heterocycles. The van der Waals surface area contributed by atoms with Crippen molar-refractivity contribution >= 4 is 45.7 Å². The maximum atomic E-state index is 13.3. The monoisotopic (exact) mass is 453 g/mol. The molecule has 1 atom stereocenters. The molecule has 6 nitrogen and oxygen atoms in total. The molecule has 0 fully saturated rings. The van der Waals surface area contributed by atoms with Crippen LogP contribution < -0.4 is 10.1 Å². The highest BCUT2D eigenvalue weighted by Gasteiger charge is 2.28. The minimum atomic E-state index is -1.07. The predicted octanol–water partition coefficient (Wildman–Crippen LogP) is 4.10. The van der Waals surface area contributed by atoms with Gasteiger partial charge in [-0.1, -0.05) is 23.2 Å². The summed E-state index contributed by atoms with van der Waals surface area (Å²) < 4.78 is 32.2. The van der Waals surface area contributed by atoms with E-state index in [9.17, 15) is 13.4 Å². The summed E-state index contributed by atoms with van der Waals surface area (Å²) in [5.41, 5.74) is 1.92. The Kier molecular flexibility index (Phi) is 5.58. The van der Waals surface area contributed by atoms with Crippen LogP contribution in [0.15, 0.2) is 42.5 Å². The van der Waals surface area contributed by atoms with Gasteiger partial charge < -0.3 is 10.1 Å². The highest BCUT2D eigenvalue weighted by Crippen LogP contribution is 2.32. The van der Waals surface area contributed by atoms with Gasteiger partial charge in [0.25, 0.3) is 5.91 Å². The lowest BCUT2D eigenvalue weighted by Gasteiger charge is -2.12. The summed E-state index contributed by atoms with van der Waals surface area (Å²) in [5.74, 6) is 0.491. The number of nitrogens with one attached hydrogen (secondary N) is 1. The number of aromatic nitrogens is 2. The first-order valence-corrected chi connectivity index (χ1v) is 10.7. The molecule has 1 aliphatic rings. The molecule has 1 amide bonds. The lowest BCUT2D eigenvalue weighted by molar-refractivity contribution is -0.118. The first-order chi connectivity index (χ1) is 13.9. The first kappa shape index (κ1) is 19.9. The first-order valence-electron chi connectivity index (χ1n) is 8.50. The average molecular weight is 454 g/mol. The molecule has 0 saturated carbocycles. The van der Waals surface area contributed by atoms with Crippen molar-refractivity contribution in [3.63, 3.8) is 0 Å². The van der Waals surface area contributed by atoms with Crippen molar-refractivity contribution in [1.29, 1.82) is 0 Å². The van der Waals surface area contributed by atoms with Gasteiger partial charge in [0.15, 0.2) is 6.61 Å². The second-order valence-corrected chi connectivity index (χ2v) is 8.60. The molecule has 0 unspecified atom stereocenters. The Bertz CT molecular complexity index is 1120. The predicted molar refractivity (Wildman–Crippen MR) is 110 cm³/mol. The van der Waals surface area contributed by atoms with E-state index in [4.69, 9.17) is 27.9 Å². The molecule has 2 heterocycles. The van der Waals surface area contributed by atoms with Crippen LogP contribution in [0.3, 0.4) is 0 Å². The summed E-state index contributed by atoms with van der Waals surface area (Å²) >= 11 is 11.9. The number of benzene rings is 2. The maximum absolute atomic E-state index is 13.3. The molecule has 0 aliphatic carbocycles. The summed E-state index contributed by atoms with van der Waals surface area (Å²) in [6.45, 7) is -0.298. The van der Waals surface area contributed by atoms with E-state index in [2.05, 4.69) is 10.4 Å². The van der Waals surface area contributed by atoms with E-state index in [-0.39, 0.29) is 23.2 Å². The minimum Gasteiger partial charge on any atom is -0.482 e. The molecule has 10 heteroatoms. The van der Waals surface area contributed by atoms with Gasteiger partial charge in [-0.05, 0) is 42.5 Å². The van der Waals surface area contributed by atoms with Gasteiger partial charge in [-0.3, -0.25) is 9.00 Å². The van der Waals surface area contributed by atoms with Crippen LogP contribution >= 0.6 is 23.2 Å². The fourth-order valence-electron chi connectivity index (χ4n) is 2.93. The zero-order valence-corrected chi connectivity index (χ0v) is 17.2. The van der Waals surface area contributed by atoms with Crippen LogP contribution in [0, 0.1) is 5.82 Å². The van der Waals surface area contributed by atoms with Gasteiger partial charge in [-0.25, -0.2) is 9.07 Å². The maximum Gasteiger partial charge on any atom is 0.263 e. The van der Waals surface area contributed by atoms with Crippen LogP contribution in [0.25, 0.3) is 5.69 Å². The Hall–Kier alpha value is -2.42. The number of halogens is 3. The molecular formula is C19H14Cl2FN3O3S. The number of carbonyl (C=O) groups is 1. The third-order valence-electron chi connectivity index (χ3n) is 4.25. The van der Waals surface area contributed by atoms with E-state index in [1.54, 1.807) is 24.3 Å². The number of nitrogens with zero attached hydrogens (tertiary/aromatic N) is 2. The third kappa shape index (κ3) is 4.29. The Labute approximate surface area is 178 Å². The zero-order chi connectivity index (χ0) is 20.5. The van der Waals surface area contributed by atoms with E-state index >= 15 is 0 Å². The van der Waals surface area contributed by atoms with Gasteiger partial charge in [0.1, 0.15) is 17.4 Å². The summed E-state index contributed by atoms with van der Waals surface area (Å²) in [4.78, 5) is 12.5. The number of ether oxygens (including phenoxy) is 1. The van der Waals surface area contributed by atoms with Crippen molar-refractivity contribution in [2.75, 3.05) is 11.9 Å². The van der Waals surface area contributed by atoms with E-state index in [0.29, 0.717) is 39.3 Å². The molecule has 0 saturated heterocycles. The molecule has 1 N–H and O–H groups in total. The van der Waals surface area contributed by atoms with Crippen molar-refractivity contribution in [2.24, 2.45) is 0 Å². The molecule has 29 heavy (non-hydrogen) atoms. The van der Waals surface area contributed by atoms with Gasteiger partial charge in [-0.15, -0.1) is 0 Å². The van der Waals surface area contributed by atoms with Crippen LogP contribution in [-0.2, 0) is 27.1 Å². The molecule has 0 radical (unpaired) electrons. The molecule has 0 spiro atoms. The second kappa shape index (κ2) is 8.14. The molecule has 150 valence electrons. The molecule has 3 aromatic rings. The lowest BCUT2D eigenvalue weighted by atomic mass is 10.2. The average Bonchev–Trinajstić information content (AvgIpc) is 3.19. The van der Waals surface area contributed by atoms with Crippen LogP contribution in [0.2, 0.25) is 10.0 Å². The van der Waals surface area contributed by atoms with Crippen LogP contribution in [0.5, 0.6) is 5.75 Å². The Morgan fingerprint density at radius 3 is 2.69 bits per heavy atom. The van der Waals surface area contributed by atoms with E-state index in [0.717, 1.165) is 0 Å². The highest BCUT2D eigenvalue weighted by atomic mass is 35.5.